The number of rotatable bonds is 4. The molecule has 0 amide bonds. The predicted octanol–water partition coefficient (Wildman–Crippen LogP) is 4.22. The maximum atomic E-state index is 10.7. The lowest BCUT2D eigenvalue weighted by Gasteiger charge is -2.18. The number of benzene rings is 1. The Morgan fingerprint density at radius 2 is 2.09 bits per heavy atom. The van der Waals surface area contributed by atoms with Crippen LogP contribution in [-0.4, -0.2) is 17.7 Å². The molecule has 0 radical (unpaired) electrons. The average Bonchev–Trinajstić information content (AvgIpc) is 3.04. The lowest BCUT2D eigenvalue weighted by molar-refractivity contribution is -0.131. The van der Waals surface area contributed by atoms with Gasteiger partial charge in [0.2, 0.25) is 0 Å². The molecule has 0 unspecified atom stereocenters. The Balaban J connectivity index is 1.79. The number of carboxylic acid groups (broad SMARTS) is 1. The van der Waals surface area contributed by atoms with Crippen molar-refractivity contribution in [3.8, 4) is 5.75 Å². The van der Waals surface area contributed by atoms with Crippen LogP contribution < -0.4 is 4.74 Å². The number of carboxylic acids is 1. The van der Waals surface area contributed by atoms with Gasteiger partial charge in [-0.2, -0.15) is 0 Å². The summed E-state index contributed by atoms with van der Waals surface area (Å²) in [4.78, 5) is 10.7. The third kappa shape index (κ3) is 2.92. The number of carbonyl (C=O) groups is 1. The lowest BCUT2D eigenvalue weighted by Crippen LogP contribution is -2.18. The summed E-state index contributed by atoms with van der Waals surface area (Å²) in [6.45, 7) is 9.28. The minimum atomic E-state index is -0.897. The average molecular weight is 312 g/mol. The molecule has 1 aromatic carbocycles. The van der Waals surface area contributed by atoms with E-state index in [4.69, 9.17) is 9.84 Å². The highest BCUT2D eigenvalue weighted by Gasteiger charge is 2.50. The van der Waals surface area contributed by atoms with E-state index in [9.17, 15) is 4.79 Å². The standard InChI is InChI=1S/C20H24O3/c1-13(9-18(21)22)5-6-15-11-20(15,4)14-7-8-17-16(10-14)19(2,3)12-23-17/h5-10,15H,11-12H2,1-4H3,(H,21,22)/t15-,20-/m1/s1. The van der Waals surface area contributed by atoms with E-state index in [1.54, 1.807) is 0 Å². The summed E-state index contributed by atoms with van der Waals surface area (Å²) < 4.78 is 5.77. The van der Waals surface area contributed by atoms with Crippen LogP contribution in [0.25, 0.3) is 0 Å². The van der Waals surface area contributed by atoms with Crippen molar-refractivity contribution in [2.75, 3.05) is 6.61 Å². The maximum absolute atomic E-state index is 10.7. The van der Waals surface area contributed by atoms with E-state index < -0.39 is 5.97 Å². The van der Waals surface area contributed by atoms with Crippen molar-refractivity contribution in [2.24, 2.45) is 5.92 Å². The molecule has 0 aromatic heterocycles. The molecule has 1 saturated carbocycles. The van der Waals surface area contributed by atoms with Gasteiger partial charge in [0.25, 0.3) is 0 Å². The minimum absolute atomic E-state index is 0.0722. The van der Waals surface area contributed by atoms with Crippen LogP contribution in [0.5, 0.6) is 5.75 Å². The molecule has 23 heavy (non-hydrogen) atoms. The highest BCUT2D eigenvalue weighted by Crippen LogP contribution is 2.56. The van der Waals surface area contributed by atoms with Crippen LogP contribution in [0.2, 0.25) is 0 Å². The van der Waals surface area contributed by atoms with Gasteiger partial charge in [0.1, 0.15) is 5.75 Å². The number of ether oxygens (including phenoxy) is 1. The molecule has 1 aliphatic carbocycles. The largest absolute Gasteiger partial charge is 0.492 e. The molecule has 0 bridgehead atoms. The first kappa shape index (κ1) is 15.9. The minimum Gasteiger partial charge on any atom is -0.492 e. The van der Waals surface area contributed by atoms with Gasteiger partial charge in [0.05, 0.1) is 6.61 Å². The second-order valence-electron chi connectivity index (χ2n) is 7.70. The van der Waals surface area contributed by atoms with Crippen LogP contribution >= 0.6 is 0 Å². The highest BCUT2D eigenvalue weighted by molar-refractivity contribution is 5.81. The number of aliphatic carboxylic acids is 1. The fraction of sp³-hybridized carbons (Fsp3) is 0.450. The fourth-order valence-electron chi connectivity index (χ4n) is 3.40. The Bertz CT molecular complexity index is 712. The Labute approximate surface area is 137 Å². The summed E-state index contributed by atoms with van der Waals surface area (Å²) >= 11 is 0. The summed E-state index contributed by atoms with van der Waals surface area (Å²) in [5.74, 6) is 0.574. The van der Waals surface area contributed by atoms with Crippen molar-refractivity contribution in [1.29, 1.82) is 0 Å². The van der Waals surface area contributed by atoms with Gasteiger partial charge in [-0.3, -0.25) is 0 Å². The first-order valence-corrected chi connectivity index (χ1v) is 8.10. The Morgan fingerprint density at radius 3 is 2.78 bits per heavy atom. The second-order valence-corrected chi connectivity index (χ2v) is 7.70. The van der Waals surface area contributed by atoms with Crippen molar-refractivity contribution < 1.29 is 14.6 Å². The zero-order chi connectivity index (χ0) is 16.8. The zero-order valence-electron chi connectivity index (χ0n) is 14.2. The van der Waals surface area contributed by atoms with Crippen LogP contribution in [0.3, 0.4) is 0 Å². The summed E-state index contributed by atoms with van der Waals surface area (Å²) in [5.41, 5.74) is 3.64. The first-order chi connectivity index (χ1) is 10.7. The third-order valence-corrected chi connectivity index (χ3v) is 5.20. The van der Waals surface area contributed by atoms with E-state index in [-0.39, 0.29) is 10.8 Å². The van der Waals surface area contributed by atoms with Crippen LogP contribution in [0.1, 0.15) is 45.2 Å². The van der Waals surface area contributed by atoms with Crippen molar-refractivity contribution in [1.82, 2.24) is 0 Å². The van der Waals surface area contributed by atoms with Crippen LogP contribution in [-0.2, 0) is 15.6 Å². The fourth-order valence-corrected chi connectivity index (χ4v) is 3.40. The molecule has 3 rings (SSSR count). The number of hydrogen-bond acceptors (Lipinski definition) is 2. The third-order valence-electron chi connectivity index (χ3n) is 5.20. The van der Waals surface area contributed by atoms with Gasteiger partial charge in [-0.1, -0.05) is 45.1 Å². The number of fused-ring (bicyclic) bond motifs is 1. The van der Waals surface area contributed by atoms with Gasteiger partial charge in [0, 0.05) is 17.1 Å². The number of allylic oxidation sites excluding steroid dienone is 3. The monoisotopic (exact) mass is 312 g/mol. The SMILES string of the molecule is CC(C=C[C@@H]1C[C@]1(C)c1ccc2c(c1)C(C)(C)CO2)=CC(=O)O. The van der Waals surface area contributed by atoms with Gasteiger partial charge < -0.3 is 9.84 Å². The molecular formula is C20H24O3. The summed E-state index contributed by atoms with van der Waals surface area (Å²) in [7, 11) is 0. The summed E-state index contributed by atoms with van der Waals surface area (Å²) in [6.07, 6.45) is 6.41. The lowest BCUT2D eigenvalue weighted by atomic mass is 9.83. The molecule has 0 spiro atoms. The van der Waals surface area contributed by atoms with E-state index in [0.29, 0.717) is 5.92 Å². The smallest absolute Gasteiger partial charge is 0.328 e. The Kier molecular flexibility index (Phi) is 3.62. The molecule has 2 atom stereocenters. The van der Waals surface area contributed by atoms with Crippen molar-refractivity contribution >= 4 is 5.97 Å². The first-order valence-electron chi connectivity index (χ1n) is 8.10. The Hall–Kier alpha value is -2.03. The highest BCUT2D eigenvalue weighted by atomic mass is 16.5. The van der Waals surface area contributed by atoms with E-state index in [2.05, 4.69) is 45.0 Å². The van der Waals surface area contributed by atoms with E-state index in [1.165, 1.54) is 17.2 Å². The molecular weight excluding hydrogens is 288 g/mol. The molecule has 122 valence electrons. The van der Waals surface area contributed by atoms with Gasteiger partial charge >= 0.3 is 5.97 Å². The van der Waals surface area contributed by atoms with Crippen molar-refractivity contribution in [2.45, 2.75) is 44.9 Å². The second kappa shape index (κ2) is 5.26. The summed E-state index contributed by atoms with van der Waals surface area (Å²) in [5, 5.41) is 8.76. The van der Waals surface area contributed by atoms with Gasteiger partial charge in [0.15, 0.2) is 0 Å². The van der Waals surface area contributed by atoms with Crippen molar-refractivity contribution in [3.63, 3.8) is 0 Å². The predicted molar refractivity (Wildman–Crippen MR) is 91.0 cm³/mol. The van der Waals surface area contributed by atoms with E-state index >= 15 is 0 Å². The molecule has 1 fully saturated rings. The van der Waals surface area contributed by atoms with Crippen molar-refractivity contribution in [3.05, 3.63) is 53.1 Å². The quantitative estimate of drug-likeness (QED) is 0.669. The van der Waals surface area contributed by atoms with Crippen LogP contribution in [0.4, 0.5) is 0 Å². The van der Waals surface area contributed by atoms with E-state index in [0.717, 1.165) is 24.4 Å². The topological polar surface area (TPSA) is 46.5 Å². The molecule has 2 aliphatic rings. The molecule has 0 saturated heterocycles. The van der Waals surface area contributed by atoms with Crippen LogP contribution in [0, 0.1) is 5.92 Å². The molecule has 3 heteroatoms. The van der Waals surface area contributed by atoms with Crippen LogP contribution in [0.15, 0.2) is 42.0 Å². The molecule has 1 aliphatic heterocycles. The van der Waals surface area contributed by atoms with Gasteiger partial charge in [-0.15, -0.1) is 0 Å². The molecule has 1 aromatic rings. The molecule has 3 nitrogen and oxygen atoms in total. The summed E-state index contributed by atoms with van der Waals surface area (Å²) in [6, 6.07) is 6.57. The molecule has 1 N–H and O–H groups in total. The Morgan fingerprint density at radius 1 is 1.35 bits per heavy atom. The molecule has 1 heterocycles. The van der Waals surface area contributed by atoms with E-state index in [1.807, 2.05) is 13.0 Å². The number of hydrogen-bond donors (Lipinski definition) is 1. The maximum Gasteiger partial charge on any atom is 0.328 e. The zero-order valence-corrected chi connectivity index (χ0v) is 14.2. The normalized spacial score (nSPS) is 28.5. The van der Waals surface area contributed by atoms with Gasteiger partial charge in [-0.05, 0) is 41.9 Å². The van der Waals surface area contributed by atoms with Gasteiger partial charge in [-0.25, -0.2) is 4.79 Å².